The third-order valence-electron chi connectivity index (χ3n) is 3.84. The fourth-order valence-electron chi connectivity index (χ4n) is 2.39. The highest BCUT2D eigenvalue weighted by Gasteiger charge is 2.34. The van der Waals surface area contributed by atoms with Crippen molar-refractivity contribution >= 4 is 21.7 Å². The molecular formula is C14H26N2O4S. The van der Waals surface area contributed by atoms with Crippen LogP contribution in [0.5, 0.6) is 0 Å². The topological polar surface area (TPSA) is 83.6 Å². The van der Waals surface area contributed by atoms with Crippen molar-refractivity contribution in [1.29, 1.82) is 0 Å². The minimum absolute atomic E-state index is 0.0617. The van der Waals surface area contributed by atoms with E-state index in [1.165, 1.54) is 4.90 Å². The Balaban J connectivity index is 2.86. The van der Waals surface area contributed by atoms with Gasteiger partial charge < -0.3 is 10.2 Å². The maximum absolute atomic E-state index is 12.5. The number of rotatable bonds is 6. The Kier molecular flexibility index (Phi) is 6.19. The Bertz CT molecular complexity index is 487. The molecule has 1 aliphatic heterocycles. The van der Waals surface area contributed by atoms with Crippen molar-refractivity contribution in [2.45, 2.75) is 64.3 Å². The van der Waals surface area contributed by atoms with Crippen LogP contribution >= 0.6 is 0 Å². The van der Waals surface area contributed by atoms with Gasteiger partial charge in [-0.05, 0) is 27.2 Å². The van der Waals surface area contributed by atoms with Crippen LogP contribution in [0.2, 0.25) is 0 Å². The van der Waals surface area contributed by atoms with Gasteiger partial charge in [-0.25, -0.2) is 8.42 Å². The van der Waals surface area contributed by atoms with Crippen molar-refractivity contribution in [1.82, 2.24) is 10.2 Å². The summed E-state index contributed by atoms with van der Waals surface area (Å²) in [6, 6.07) is -0.809. The summed E-state index contributed by atoms with van der Waals surface area (Å²) < 4.78 is 23.8. The molecule has 2 atom stereocenters. The Morgan fingerprint density at radius 1 is 1.33 bits per heavy atom. The summed E-state index contributed by atoms with van der Waals surface area (Å²) in [6.07, 6.45) is 1.57. The van der Waals surface area contributed by atoms with Crippen LogP contribution in [0, 0.1) is 0 Å². The molecule has 2 amide bonds. The zero-order valence-electron chi connectivity index (χ0n) is 13.3. The second-order valence-electron chi connectivity index (χ2n) is 5.91. The first-order chi connectivity index (χ1) is 9.69. The monoisotopic (exact) mass is 318 g/mol. The normalized spacial score (nSPS) is 24.1. The van der Waals surface area contributed by atoms with E-state index in [4.69, 9.17) is 0 Å². The van der Waals surface area contributed by atoms with Crippen LogP contribution in [0.3, 0.4) is 0 Å². The molecule has 0 bridgehead atoms. The van der Waals surface area contributed by atoms with E-state index in [9.17, 15) is 18.0 Å². The first-order valence-corrected chi connectivity index (χ1v) is 9.22. The second kappa shape index (κ2) is 7.24. The maximum Gasteiger partial charge on any atom is 0.245 e. The standard InChI is InChI=1S/C14H26N2O4S/c1-5-6-12-14(18)16(11(4)9-13(17)15-12)7-8-21(19,20)10(2)3/h10-12H,5-9H2,1-4H3,(H,15,17). The van der Waals surface area contributed by atoms with E-state index in [1.54, 1.807) is 20.8 Å². The summed E-state index contributed by atoms with van der Waals surface area (Å²) in [7, 11) is -3.20. The minimum Gasteiger partial charge on any atom is -0.344 e. The summed E-state index contributed by atoms with van der Waals surface area (Å²) in [5, 5.41) is 2.27. The highest BCUT2D eigenvalue weighted by Crippen LogP contribution is 2.15. The molecule has 0 aromatic rings. The van der Waals surface area contributed by atoms with E-state index in [-0.39, 0.29) is 36.6 Å². The summed E-state index contributed by atoms with van der Waals surface area (Å²) >= 11 is 0. The number of amides is 2. The van der Waals surface area contributed by atoms with E-state index < -0.39 is 21.1 Å². The molecule has 0 aromatic carbocycles. The van der Waals surface area contributed by atoms with E-state index in [1.807, 2.05) is 6.92 Å². The molecule has 1 heterocycles. The first-order valence-electron chi connectivity index (χ1n) is 7.50. The lowest BCUT2D eigenvalue weighted by atomic mass is 10.1. The van der Waals surface area contributed by atoms with E-state index in [2.05, 4.69) is 5.32 Å². The van der Waals surface area contributed by atoms with Gasteiger partial charge in [0.1, 0.15) is 6.04 Å². The molecule has 21 heavy (non-hydrogen) atoms. The molecule has 0 radical (unpaired) electrons. The van der Waals surface area contributed by atoms with Crippen molar-refractivity contribution in [3.8, 4) is 0 Å². The molecule has 1 N–H and O–H groups in total. The number of hydrogen-bond donors (Lipinski definition) is 1. The van der Waals surface area contributed by atoms with Crippen molar-refractivity contribution in [2.24, 2.45) is 0 Å². The number of nitrogens with zero attached hydrogens (tertiary/aromatic N) is 1. The Labute approximate surface area is 127 Å². The van der Waals surface area contributed by atoms with Gasteiger partial charge in [-0.1, -0.05) is 13.3 Å². The summed E-state index contributed by atoms with van der Waals surface area (Å²) in [5.41, 5.74) is 0. The molecule has 1 fully saturated rings. The zero-order valence-corrected chi connectivity index (χ0v) is 14.1. The van der Waals surface area contributed by atoms with Gasteiger partial charge in [-0.3, -0.25) is 9.59 Å². The van der Waals surface area contributed by atoms with Gasteiger partial charge in [0.25, 0.3) is 0 Å². The number of nitrogens with one attached hydrogen (secondary N) is 1. The van der Waals surface area contributed by atoms with Crippen molar-refractivity contribution < 1.29 is 18.0 Å². The van der Waals surface area contributed by atoms with Crippen molar-refractivity contribution in [3.05, 3.63) is 0 Å². The number of sulfone groups is 1. The van der Waals surface area contributed by atoms with Crippen molar-refractivity contribution in [2.75, 3.05) is 12.3 Å². The molecule has 2 unspecified atom stereocenters. The molecule has 1 saturated heterocycles. The largest absolute Gasteiger partial charge is 0.344 e. The number of carbonyl (C=O) groups is 2. The van der Waals surface area contributed by atoms with E-state index in [0.29, 0.717) is 6.42 Å². The smallest absolute Gasteiger partial charge is 0.245 e. The zero-order chi connectivity index (χ0) is 16.2. The summed E-state index contributed by atoms with van der Waals surface area (Å²) in [4.78, 5) is 25.8. The van der Waals surface area contributed by atoms with Crippen LogP contribution in [0.1, 0.15) is 47.0 Å². The van der Waals surface area contributed by atoms with Crippen LogP contribution < -0.4 is 5.32 Å². The molecule has 6 nitrogen and oxygen atoms in total. The highest BCUT2D eigenvalue weighted by molar-refractivity contribution is 7.92. The molecule has 0 aliphatic carbocycles. The minimum atomic E-state index is -3.20. The predicted molar refractivity (Wildman–Crippen MR) is 81.6 cm³/mol. The molecule has 1 aliphatic rings. The fourth-order valence-corrected chi connectivity index (χ4v) is 3.31. The molecule has 0 spiro atoms. The molecule has 0 aromatic heterocycles. The third-order valence-corrected chi connectivity index (χ3v) is 6.03. The van der Waals surface area contributed by atoms with Gasteiger partial charge >= 0.3 is 0 Å². The van der Waals surface area contributed by atoms with Crippen LogP contribution in [-0.4, -0.2) is 54.8 Å². The fraction of sp³-hybridized carbons (Fsp3) is 0.857. The maximum atomic E-state index is 12.5. The van der Waals surface area contributed by atoms with Crippen LogP contribution in [0.15, 0.2) is 0 Å². The van der Waals surface area contributed by atoms with Gasteiger partial charge in [0, 0.05) is 19.0 Å². The van der Waals surface area contributed by atoms with Gasteiger partial charge in [-0.15, -0.1) is 0 Å². The Hall–Kier alpha value is -1.11. The van der Waals surface area contributed by atoms with Crippen LogP contribution in [-0.2, 0) is 19.4 Å². The van der Waals surface area contributed by atoms with Gasteiger partial charge in [0.05, 0.1) is 11.0 Å². The number of hydrogen-bond acceptors (Lipinski definition) is 4. The summed E-state index contributed by atoms with van der Waals surface area (Å²) in [6.45, 7) is 7.15. The molecule has 0 saturated carbocycles. The van der Waals surface area contributed by atoms with E-state index in [0.717, 1.165) is 6.42 Å². The average molecular weight is 318 g/mol. The van der Waals surface area contributed by atoms with Crippen molar-refractivity contribution in [3.63, 3.8) is 0 Å². The molecule has 7 heteroatoms. The SMILES string of the molecule is CCCC1NC(=O)CC(C)N(CCS(=O)(=O)C(C)C)C1=O. The number of carbonyl (C=O) groups excluding carboxylic acids is 2. The molecular weight excluding hydrogens is 292 g/mol. The third kappa shape index (κ3) is 4.69. The molecule has 1 rings (SSSR count). The first kappa shape index (κ1) is 17.9. The van der Waals surface area contributed by atoms with Gasteiger partial charge in [0.15, 0.2) is 9.84 Å². The predicted octanol–water partition coefficient (Wildman–Crippen LogP) is 0.715. The average Bonchev–Trinajstić information content (AvgIpc) is 2.46. The summed E-state index contributed by atoms with van der Waals surface area (Å²) in [5.74, 6) is -0.383. The lowest BCUT2D eigenvalue weighted by Crippen LogP contribution is -2.48. The lowest BCUT2D eigenvalue weighted by Gasteiger charge is -2.28. The van der Waals surface area contributed by atoms with Gasteiger partial charge in [-0.2, -0.15) is 0 Å². The lowest BCUT2D eigenvalue weighted by molar-refractivity contribution is -0.134. The highest BCUT2D eigenvalue weighted by atomic mass is 32.2. The second-order valence-corrected chi connectivity index (χ2v) is 8.59. The van der Waals surface area contributed by atoms with E-state index >= 15 is 0 Å². The Morgan fingerprint density at radius 3 is 2.48 bits per heavy atom. The quantitative estimate of drug-likeness (QED) is 0.782. The van der Waals surface area contributed by atoms with Crippen LogP contribution in [0.4, 0.5) is 0 Å². The van der Waals surface area contributed by atoms with Crippen LogP contribution in [0.25, 0.3) is 0 Å². The Morgan fingerprint density at radius 2 is 1.95 bits per heavy atom. The molecule has 122 valence electrons. The van der Waals surface area contributed by atoms with Gasteiger partial charge in [0.2, 0.25) is 11.8 Å².